The Morgan fingerprint density at radius 1 is 1.12 bits per heavy atom. The molecule has 3 aromatic rings. The smallest absolute Gasteiger partial charge is 0.179 e. The van der Waals surface area contributed by atoms with E-state index in [1.165, 1.54) is 6.20 Å². The SMILES string of the molecule is COc1cc(-c2cnn(C3CCN(C#N)CC3)c2)cn2ncc(C#N)c12. The van der Waals surface area contributed by atoms with E-state index in [1.807, 2.05) is 29.3 Å². The molecule has 0 aromatic carbocycles. The Morgan fingerprint density at radius 2 is 1.92 bits per heavy atom. The van der Waals surface area contributed by atoms with Crippen molar-refractivity contribution >= 4 is 5.52 Å². The number of hydrogen-bond acceptors (Lipinski definition) is 6. The average molecular weight is 347 g/mol. The maximum atomic E-state index is 9.22. The number of piperidine rings is 1. The largest absolute Gasteiger partial charge is 0.494 e. The van der Waals surface area contributed by atoms with Crippen LogP contribution < -0.4 is 4.74 Å². The van der Waals surface area contributed by atoms with Crippen molar-refractivity contribution in [3.8, 4) is 29.1 Å². The molecule has 1 fully saturated rings. The second-order valence-corrected chi connectivity index (χ2v) is 6.29. The highest BCUT2D eigenvalue weighted by Crippen LogP contribution is 2.30. The normalized spacial score (nSPS) is 15.0. The third kappa shape index (κ3) is 2.62. The second kappa shape index (κ2) is 6.41. The van der Waals surface area contributed by atoms with Gasteiger partial charge in [-0.1, -0.05) is 0 Å². The quantitative estimate of drug-likeness (QED) is 0.674. The van der Waals surface area contributed by atoms with Crippen LogP contribution in [0.25, 0.3) is 16.6 Å². The number of ether oxygens (including phenoxy) is 1. The first-order valence-electron chi connectivity index (χ1n) is 8.38. The molecule has 0 atom stereocenters. The third-order valence-electron chi connectivity index (χ3n) is 4.83. The van der Waals surface area contributed by atoms with E-state index in [0.29, 0.717) is 22.9 Å². The van der Waals surface area contributed by atoms with Crippen LogP contribution >= 0.6 is 0 Å². The minimum absolute atomic E-state index is 0.300. The molecule has 1 aliphatic rings. The minimum Gasteiger partial charge on any atom is -0.494 e. The monoisotopic (exact) mass is 347 g/mol. The fourth-order valence-corrected chi connectivity index (χ4v) is 3.40. The van der Waals surface area contributed by atoms with E-state index in [2.05, 4.69) is 22.5 Å². The summed E-state index contributed by atoms with van der Waals surface area (Å²) in [5.74, 6) is 0.603. The summed E-state index contributed by atoms with van der Waals surface area (Å²) in [6.07, 6.45) is 11.3. The van der Waals surface area contributed by atoms with Crippen molar-refractivity contribution in [2.75, 3.05) is 20.2 Å². The van der Waals surface area contributed by atoms with E-state index in [4.69, 9.17) is 10.00 Å². The fraction of sp³-hybridized carbons (Fsp3) is 0.333. The number of likely N-dealkylation sites (tertiary alicyclic amines) is 1. The predicted octanol–water partition coefficient (Wildman–Crippen LogP) is 2.20. The Balaban J connectivity index is 1.66. The van der Waals surface area contributed by atoms with Crippen molar-refractivity contribution in [3.05, 3.63) is 36.4 Å². The molecule has 0 amide bonds. The van der Waals surface area contributed by atoms with Gasteiger partial charge >= 0.3 is 0 Å². The van der Waals surface area contributed by atoms with Gasteiger partial charge in [-0.05, 0) is 18.9 Å². The highest BCUT2D eigenvalue weighted by Gasteiger charge is 2.21. The van der Waals surface area contributed by atoms with Crippen molar-refractivity contribution in [3.63, 3.8) is 0 Å². The lowest BCUT2D eigenvalue weighted by Crippen LogP contribution is -2.31. The first-order valence-corrected chi connectivity index (χ1v) is 8.38. The number of nitriles is 2. The van der Waals surface area contributed by atoms with Crippen LogP contribution in [-0.2, 0) is 0 Å². The van der Waals surface area contributed by atoms with Gasteiger partial charge in [-0.15, -0.1) is 0 Å². The van der Waals surface area contributed by atoms with E-state index in [1.54, 1.807) is 16.5 Å². The summed E-state index contributed by atoms with van der Waals surface area (Å²) in [6.45, 7) is 1.53. The lowest BCUT2D eigenvalue weighted by molar-refractivity contribution is 0.241. The Hall–Kier alpha value is -3.52. The molecule has 0 radical (unpaired) electrons. The van der Waals surface area contributed by atoms with Crippen LogP contribution in [0, 0.1) is 22.8 Å². The number of rotatable bonds is 3. The summed E-state index contributed by atoms with van der Waals surface area (Å²) in [5.41, 5.74) is 3.02. The van der Waals surface area contributed by atoms with Gasteiger partial charge in [-0.25, -0.2) is 4.52 Å². The zero-order valence-corrected chi connectivity index (χ0v) is 14.3. The maximum Gasteiger partial charge on any atom is 0.179 e. The Labute approximate surface area is 150 Å². The molecule has 1 saturated heterocycles. The van der Waals surface area contributed by atoms with Gasteiger partial charge in [0.1, 0.15) is 22.9 Å². The van der Waals surface area contributed by atoms with Crippen LogP contribution in [0.1, 0.15) is 24.4 Å². The van der Waals surface area contributed by atoms with E-state index in [0.717, 1.165) is 37.1 Å². The van der Waals surface area contributed by atoms with Crippen molar-refractivity contribution in [1.29, 1.82) is 10.5 Å². The fourth-order valence-electron chi connectivity index (χ4n) is 3.40. The number of nitrogens with zero attached hydrogens (tertiary/aromatic N) is 7. The van der Waals surface area contributed by atoms with Gasteiger partial charge in [0, 0.05) is 36.6 Å². The molecule has 8 nitrogen and oxygen atoms in total. The van der Waals surface area contributed by atoms with E-state index in [-0.39, 0.29) is 0 Å². The number of methoxy groups -OCH3 is 1. The molecule has 26 heavy (non-hydrogen) atoms. The molecule has 0 unspecified atom stereocenters. The molecule has 4 rings (SSSR count). The molecule has 4 heterocycles. The summed E-state index contributed by atoms with van der Waals surface area (Å²) in [5, 5.41) is 27.0. The summed E-state index contributed by atoms with van der Waals surface area (Å²) < 4.78 is 9.10. The van der Waals surface area contributed by atoms with E-state index >= 15 is 0 Å². The molecule has 0 N–H and O–H groups in total. The summed E-state index contributed by atoms with van der Waals surface area (Å²) in [7, 11) is 1.58. The van der Waals surface area contributed by atoms with Crippen molar-refractivity contribution < 1.29 is 4.74 Å². The van der Waals surface area contributed by atoms with E-state index in [9.17, 15) is 5.26 Å². The Bertz CT molecular complexity index is 1030. The van der Waals surface area contributed by atoms with Crippen LogP contribution in [-0.4, -0.2) is 44.5 Å². The first-order chi connectivity index (χ1) is 12.7. The van der Waals surface area contributed by atoms with Gasteiger partial charge < -0.3 is 9.64 Å². The molecule has 0 spiro atoms. The number of fused-ring (bicyclic) bond motifs is 1. The van der Waals surface area contributed by atoms with Gasteiger partial charge in [-0.3, -0.25) is 4.68 Å². The topological polar surface area (TPSA) is 95.2 Å². The lowest BCUT2D eigenvalue weighted by atomic mass is 10.1. The van der Waals surface area contributed by atoms with E-state index < -0.39 is 0 Å². The van der Waals surface area contributed by atoms with Crippen LogP contribution in [0.15, 0.2) is 30.9 Å². The number of hydrogen-bond donors (Lipinski definition) is 0. The van der Waals surface area contributed by atoms with Crippen LogP contribution in [0.3, 0.4) is 0 Å². The van der Waals surface area contributed by atoms with Crippen molar-refractivity contribution in [2.45, 2.75) is 18.9 Å². The molecular weight excluding hydrogens is 330 g/mol. The van der Waals surface area contributed by atoms with Gasteiger partial charge in [0.2, 0.25) is 0 Å². The first kappa shape index (κ1) is 16.0. The van der Waals surface area contributed by atoms with Crippen LogP contribution in [0.5, 0.6) is 5.75 Å². The molecule has 3 aromatic heterocycles. The third-order valence-corrected chi connectivity index (χ3v) is 4.83. The Morgan fingerprint density at radius 3 is 2.62 bits per heavy atom. The average Bonchev–Trinajstić information content (AvgIpc) is 3.34. The highest BCUT2D eigenvalue weighted by atomic mass is 16.5. The molecule has 0 saturated carbocycles. The Kier molecular flexibility index (Phi) is 3.94. The van der Waals surface area contributed by atoms with Crippen molar-refractivity contribution in [2.24, 2.45) is 0 Å². The van der Waals surface area contributed by atoms with Gasteiger partial charge in [0.25, 0.3) is 0 Å². The second-order valence-electron chi connectivity index (χ2n) is 6.29. The van der Waals surface area contributed by atoms with Gasteiger partial charge in [0.15, 0.2) is 6.19 Å². The lowest BCUT2D eigenvalue weighted by Gasteiger charge is -2.28. The van der Waals surface area contributed by atoms with Gasteiger partial charge in [-0.2, -0.15) is 20.7 Å². The molecular formula is C18H17N7O. The molecule has 8 heteroatoms. The summed E-state index contributed by atoms with van der Waals surface area (Å²) >= 11 is 0. The molecule has 0 bridgehead atoms. The standard InChI is InChI=1S/C18H17N7O/c1-26-17-6-13(10-25-18(17)14(7-19)8-22-25)15-9-21-24(11-15)16-2-4-23(12-20)5-3-16/h6,8-11,16H,2-5H2,1H3. The van der Waals surface area contributed by atoms with Crippen LogP contribution in [0.4, 0.5) is 0 Å². The maximum absolute atomic E-state index is 9.22. The molecule has 0 aliphatic carbocycles. The summed E-state index contributed by atoms with van der Waals surface area (Å²) in [4.78, 5) is 1.78. The molecule has 130 valence electrons. The van der Waals surface area contributed by atoms with Crippen LogP contribution in [0.2, 0.25) is 0 Å². The zero-order chi connectivity index (χ0) is 18.1. The molecule has 1 aliphatic heterocycles. The number of pyridine rings is 1. The summed E-state index contributed by atoms with van der Waals surface area (Å²) in [6, 6.07) is 4.33. The number of aromatic nitrogens is 4. The zero-order valence-electron chi connectivity index (χ0n) is 14.3. The minimum atomic E-state index is 0.300. The predicted molar refractivity (Wildman–Crippen MR) is 93.1 cm³/mol. The highest BCUT2D eigenvalue weighted by molar-refractivity contribution is 5.74. The van der Waals surface area contributed by atoms with Gasteiger partial charge in [0.05, 0.1) is 25.5 Å². The van der Waals surface area contributed by atoms with Crippen molar-refractivity contribution in [1.82, 2.24) is 24.3 Å².